The summed E-state index contributed by atoms with van der Waals surface area (Å²) in [6.45, 7) is 4.83. The van der Waals surface area contributed by atoms with Crippen LogP contribution in [0.4, 0.5) is 0 Å². The SMILES string of the molecule is CCCC(C(=O)N(CC)Cc1ccccn1)/C(N)=N/O. The number of nitrogens with two attached hydrogens (primary N) is 1. The summed E-state index contributed by atoms with van der Waals surface area (Å²) >= 11 is 0. The monoisotopic (exact) mass is 278 g/mol. The molecule has 1 aromatic rings. The highest BCUT2D eigenvalue weighted by Crippen LogP contribution is 2.13. The van der Waals surface area contributed by atoms with Crippen molar-refractivity contribution < 1.29 is 10.0 Å². The first-order chi connectivity index (χ1) is 9.63. The van der Waals surface area contributed by atoms with Gasteiger partial charge < -0.3 is 15.8 Å². The van der Waals surface area contributed by atoms with Gasteiger partial charge in [-0.05, 0) is 25.5 Å². The Morgan fingerprint density at radius 3 is 2.75 bits per heavy atom. The van der Waals surface area contributed by atoms with Gasteiger partial charge in [0.15, 0.2) is 5.84 Å². The van der Waals surface area contributed by atoms with Crippen LogP contribution in [-0.2, 0) is 11.3 Å². The lowest BCUT2D eigenvalue weighted by molar-refractivity contribution is -0.134. The Kier molecular flexibility index (Phi) is 6.49. The fourth-order valence-corrected chi connectivity index (χ4v) is 2.01. The summed E-state index contributed by atoms with van der Waals surface area (Å²) in [7, 11) is 0. The molecule has 0 aliphatic heterocycles. The Morgan fingerprint density at radius 1 is 1.50 bits per heavy atom. The third kappa shape index (κ3) is 4.22. The smallest absolute Gasteiger partial charge is 0.233 e. The van der Waals surface area contributed by atoms with E-state index in [0.717, 1.165) is 12.1 Å². The van der Waals surface area contributed by atoms with Gasteiger partial charge in [0.25, 0.3) is 0 Å². The van der Waals surface area contributed by atoms with Gasteiger partial charge in [0.1, 0.15) is 0 Å². The van der Waals surface area contributed by atoms with Crippen molar-refractivity contribution >= 4 is 11.7 Å². The van der Waals surface area contributed by atoms with Gasteiger partial charge >= 0.3 is 0 Å². The highest BCUT2D eigenvalue weighted by Gasteiger charge is 2.26. The third-order valence-electron chi connectivity index (χ3n) is 3.12. The van der Waals surface area contributed by atoms with Crippen LogP contribution in [0.25, 0.3) is 0 Å². The minimum absolute atomic E-state index is 0.0312. The van der Waals surface area contributed by atoms with Gasteiger partial charge in [0.05, 0.1) is 18.2 Å². The van der Waals surface area contributed by atoms with Gasteiger partial charge in [-0.1, -0.05) is 24.6 Å². The highest BCUT2D eigenvalue weighted by molar-refractivity contribution is 6.02. The number of carbonyl (C=O) groups excluding carboxylic acids is 1. The first-order valence-corrected chi connectivity index (χ1v) is 6.80. The largest absolute Gasteiger partial charge is 0.409 e. The zero-order chi connectivity index (χ0) is 15.0. The van der Waals surface area contributed by atoms with E-state index < -0.39 is 5.92 Å². The van der Waals surface area contributed by atoms with Crippen LogP contribution in [-0.4, -0.2) is 33.4 Å². The number of oxime groups is 1. The van der Waals surface area contributed by atoms with Gasteiger partial charge in [-0.15, -0.1) is 0 Å². The number of amides is 1. The van der Waals surface area contributed by atoms with Crippen molar-refractivity contribution in [3.63, 3.8) is 0 Å². The molecule has 1 atom stereocenters. The Balaban J connectivity index is 2.84. The maximum absolute atomic E-state index is 12.5. The molecule has 110 valence electrons. The number of rotatable bonds is 7. The lowest BCUT2D eigenvalue weighted by Gasteiger charge is -2.25. The summed E-state index contributed by atoms with van der Waals surface area (Å²) in [5.41, 5.74) is 6.44. The number of hydrogen-bond donors (Lipinski definition) is 2. The minimum atomic E-state index is -0.575. The van der Waals surface area contributed by atoms with Crippen LogP contribution in [0.15, 0.2) is 29.6 Å². The van der Waals surface area contributed by atoms with E-state index in [1.54, 1.807) is 11.1 Å². The zero-order valence-electron chi connectivity index (χ0n) is 12.0. The molecule has 0 radical (unpaired) electrons. The van der Waals surface area contributed by atoms with Crippen molar-refractivity contribution in [2.75, 3.05) is 6.54 Å². The molecular formula is C14H22N4O2. The number of nitrogens with zero attached hydrogens (tertiary/aromatic N) is 3. The molecule has 6 nitrogen and oxygen atoms in total. The van der Waals surface area contributed by atoms with Crippen molar-refractivity contribution in [3.05, 3.63) is 30.1 Å². The molecule has 3 N–H and O–H groups in total. The molecule has 6 heteroatoms. The van der Waals surface area contributed by atoms with Crippen LogP contribution in [0.1, 0.15) is 32.4 Å². The second-order valence-electron chi connectivity index (χ2n) is 4.54. The molecule has 0 aliphatic rings. The summed E-state index contributed by atoms with van der Waals surface area (Å²) in [4.78, 5) is 18.4. The van der Waals surface area contributed by atoms with Crippen molar-refractivity contribution in [1.82, 2.24) is 9.88 Å². The molecule has 20 heavy (non-hydrogen) atoms. The standard InChI is InChI=1S/C14H22N4O2/c1-3-7-12(13(15)17-20)14(19)18(4-2)10-11-8-5-6-9-16-11/h5-6,8-9,12,20H,3-4,7,10H2,1-2H3,(H2,15,17). The quantitative estimate of drug-likeness (QED) is 0.343. The first-order valence-electron chi connectivity index (χ1n) is 6.80. The summed E-state index contributed by atoms with van der Waals surface area (Å²) in [6, 6.07) is 5.58. The van der Waals surface area contributed by atoms with E-state index in [1.165, 1.54) is 0 Å². The molecule has 0 bridgehead atoms. The van der Waals surface area contributed by atoms with Crippen molar-refractivity contribution in [2.24, 2.45) is 16.8 Å². The summed E-state index contributed by atoms with van der Waals surface area (Å²) in [6.07, 6.45) is 3.04. The van der Waals surface area contributed by atoms with Crippen LogP contribution in [0.5, 0.6) is 0 Å². The van der Waals surface area contributed by atoms with Crippen molar-refractivity contribution in [2.45, 2.75) is 33.2 Å². The van der Waals surface area contributed by atoms with Gasteiger partial charge in [-0.25, -0.2) is 0 Å². The van der Waals surface area contributed by atoms with E-state index >= 15 is 0 Å². The lowest BCUT2D eigenvalue weighted by atomic mass is 10.0. The number of hydrogen-bond acceptors (Lipinski definition) is 4. The van der Waals surface area contributed by atoms with Gasteiger partial charge in [-0.2, -0.15) is 0 Å². The van der Waals surface area contributed by atoms with Crippen molar-refractivity contribution in [1.29, 1.82) is 0 Å². The van der Waals surface area contributed by atoms with E-state index in [-0.39, 0.29) is 11.7 Å². The molecule has 0 spiro atoms. The molecule has 0 aliphatic carbocycles. The predicted octanol–water partition coefficient (Wildman–Crippen LogP) is 1.59. The van der Waals surface area contributed by atoms with Crippen molar-refractivity contribution in [3.8, 4) is 0 Å². The van der Waals surface area contributed by atoms with E-state index in [0.29, 0.717) is 19.5 Å². The maximum atomic E-state index is 12.5. The van der Waals surface area contributed by atoms with E-state index in [2.05, 4.69) is 10.1 Å². The molecule has 1 heterocycles. The van der Waals surface area contributed by atoms with Crippen LogP contribution in [0, 0.1) is 5.92 Å². The van der Waals surface area contributed by atoms with Gasteiger partial charge in [0.2, 0.25) is 5.91 Å². The fourth-order valence-electron chi connectivity index (χ4n) is 2.01. The summed E-state index contributed by atoms with van der Waals surface area (Å²) in [5.74, 6) is -0.736. The molecule has 0 saturated carbocycles. The Labute approximate surface area is 119 Å². The molecular weight excluding hydrogens is 256 g/mol. The Hall–Kier alpha value is -2.11. The second kappa shape index (κ2) is 8.14. The summed E-state index contributed by atoms with van der Waals surface area (Å²) in [5, 5.41) is 11.8. The lowest BCUT2D eigenvalue weighted by Crippen LogP contribution is -2.41. The molecule has 0 fully saturated rings. The highest BCUT2D eigenvalue weighted by atomic mass is 16.4. The predicted molar refractivity (Wildman–Crippen MR) is 77.1 cm³/mol. The summed E-state index contributed by atoms with van der Waals surface area (Å²) < 4.78 is 0. The number of pyridine rings is 1. The Bertz CT molecular complexity index is 448. The van der Waals surface area contributed by atoms with Gasteiger partial charge in [0, 0.05) is 12.7 Å². The minimum Gasteiger partial charge on any atom is -0.409 e. The van der Waals surface area contributed by atoms with Crippen LogP contribution < -0.4 is 5.73 Å². The second-order valence-corrected chi connectivity index (χ2v) is 4.54. The number of carbonyl (C=O) groups is 1. The third-order valence-corrected chi connectivity index (χ3v) is 3.12. The zero-order valence-corrected chi connectivity index (χ0v) is 12.0. The maximum Gasteiger partial charge on any atom is 0.233 e. The molecule has 1 amide bonds. The van der Waals surface area contributed by atoms with E-state index in [4.69, 9.17) is 10.9 Å². The Morgan fingerprint density at radius 2 is 2.25 bits per heavy atom. The van der Waals surface area contributed by atoms with Crippen LogP contribution in [0.2, 0.25) is 0 Å². The normalized spacial score (nSPS) is 13.0. The van der Waals surface area contributed by atoms with E-state index in [9.17, 15) is 4.79 Å². The molecule has 0 saturated heterocycles. The molecule has 1 aromatic heterocycles. The average Bonchev–Trinajstić information content (AvgIpc) is 2.50. The van der Waals surface area contributed by atoms with E-state index in [1.807, 2.05) is 32.0 Å². The number of aromatic nitrogens is 1. The molecule has 1 rings (SSSR count). The van der Waals surface area contributed by atoms with Gasteiger partial charge in [-0.3, -0.25) is 9.78 Å². The fraction of sp³-hybridized carbons (Fsp3) is 0.500. The number of amidine groups is 1. The van der Waals surface area contributed by atoms with Crippen LogP contribution in [0.3, 0.4) is 0 Å². The first kappa shape index (κ1) is 15.9. The van der Waals surface area contributed by atoms with Crippen LogP contribution >= 0.6 is 0 Å². The topological polar surface area (TPSA) is 91.8 Å². The average molecular weight is 278 g/mol. The molecule has 0 aromatic carbocycles. The molecule has 1 unspecified atom stereocenters.